The molecule has 0 radical (unpaired) electrons. The number of benzene rings is 1. The van der Waals surface area contributed by atoms with Gasteiger partial charge >= 0.3 is 11.8 Å². The monoisotopic (exact) mass is 192 g/mol. The minimum absolute atomic E-state index is 0.161. The zero-order valence-corrected chi connectivity index (χ0v) is 7.27. The largest absolute Gasteiger partial charge is 0.475 e. The van der Waals surface area contributed by atoms with Gasteiger partial charge in [0.15, 0.2) is 0 Å². The van der Waals surface area contributed by atoms with Crippen LogP contribution in [0.5, 0.6) is 0 Å². The van der Waals surface area contributed by atoms with E-state index in [1.54, 1.807) is 30.3 Å². The number of carboxylic acid groups (broad SMARTS) is 1. The lowest BCUT2D eigenvalue weighted by atomic mass is 10.1. The molecular formula is C10H8O4. The van der Waals surface area contributed by atoms with Gasteiger partial charge < -0.3 is 5.11 Å². The quantitative estimate of drug-likeness (QED) is 0.555. The van der Waals surface area contributed by atoms with Gasteiger partial charge in [0, 0.05) is 6.42 Å². The second-order valence-corrected chi connectivity index (χ2v) is 2.72. The molecule has 4 heteroatoms. The third-order valence-electron chi connectivity index (χ3n) is 1.66. The molecule has 0 aliphatic rings. The van der Waals surface area contributed by atoms with Crippen LogP contribution in [0.3, 0.4) is 0 Å². The molecule has 1 aromatic rings. The summed E-state index contributed by atoms with van der Waals surface area (Å²) >= 11 is 0. The summed E-state index contributed by atoms with van der Waals surface area (Å²) in [4.78, 5) is 31.9. The van der Waals surface area contributed by atoms with E-state index >= 15 is 0 Å². The molecule has 0 heterocycles. The van der Waals surface area contributed by atoms with Gasteiger partial charge in [0.05, 0.1) is 0 Å². The molecule has 0 aliphatic carbocycles. The molecule has 1 N–H and O–H groups in total. The smallest absolute Gasteiger partial charge is 0.380 e. The molecule has 0 unspecified atom stereocenters. The number of Topliss-reactive ketones (excluding diaryl/α,β-unsaturated/α-hetero) is 2. The summed E-state index contributed by atoms with van der Waals surface area (Å²) in [6.45, 7) is 0. The van der Waals surface area contributed by atoms with Crippen molar-refractivity contribution in [3.8, 4) is 0 Å². The Bertz CT molecular complexity index is 367. The standard InChI is InChI=1S/C10H8O4/c11-8(9(12)10(13)14)6-7-4-2-1-3-5-7/h1-5H,6H2,(H,13,14). The van der Waals surface area contributed by atoms with Gasteiger partial charge in [0.1, 0.15) is 0 Å². The van der Waals surface area contributed by atoms with E-state index < -0.39 is 17.5 Å². The number of hydrogen-bond acceptors (Lipinski definition) is 3. The fourth-order valence-corrected chi connectivity index (χ4v) is 0.981. The maximum Gasteiger partial charge on any atom is 0.380 e. The van der Waals surface area contributed by atoms with E-state index in [2.05, 4.69) is 0 Å². The van der Waals surface area contributed by atoms with Crippen LogP contribution in [0.2, 0.25) is 0 Å². The first-order valence-electron chi connectivity index (χ1n) is 3.95. The van der Waals surface area contributed by atoms with Crippen molar-refractivity contribution in [1.82, 2.24) is 0 Å². The van der Waals surface area contributed by atoms with Gasteiger partial charge in [-0.05, 0) is 5.56 Å². The number of carbonyl (C=O) groups is 3. The second kappa shape index (κ2) is 4.32. The molecule has 0 spiro atoms. The number of ketones is 2. The first-order valence-corrected chi connectivity index (χ1v) is 3.95. The molecule has 0 bridgehead atoms. The average molecular weight is 192 g/mol. The lowest BCUT2D eigenvalue weighted by Crippen LogP contribution is -2.24. The molecule has 14 heavy (non-hydrogen) atoms. The Morgan fingerprint density at radius 2 is 1.64 bits per heavy atom. The van der Waals surface area contributed by atoms with E-state index in [1.165, 1.54) is 0 Å². The highest BCUT2D eigenvalue weighted by Gasteiger charge is 2.21. The maximum atomic E-state index is 11.0. The van der Waals surface area contributed by atoms with E-state index in [9.17, 15) is 14.4 Å². The first kappa shape index (κ1) is 10.1. The van der Waals surface area contributed by atoms with Crippen molar-refractivity contribution in [3.63, 3.8) is 0 Å². The SMILES string of the molecule is O=C(O)C(=O)C(=O)Cc1ccccc1. The highest BCUT2D eigenvalue weighted by atomic mass is 16.4. The molecule has 0 fully saturated rings. The van der Waals surface area contributed by atoms with Crippen molar-refractivity contribution >= 4 is 17.5 Å². The molecule has 4 nitrogen and oxygen atoms in total. The molecule has 0 saturated heterocycles. The van der Waals surface area contributed by atoms with Crippen LogP contribution >= 0.6 is 0 Å². The van der Waals surface area contributed by atoms with Crippen LogP contribution in [0.4, 0.5) is 0 Å². The van der Waals surface area contributed by atoms with Crippen LogP contribution in [0, 0.1) is 0 Å². The number of carbonyl (C=O) groups excluding carboxylic acids is 2. The van der Waals surface area contributed by atoms with Gasteiger partial charge in [0.25, 0.3) is 0 Å². The summed E-state index contributed by atoms with van der Waals surface area (Å²) in [5.74, 6) is -3.97. The van der Waals surface area contributed by atoms with Crippen molar-refractivity contribution in [3.05, 3.63) is 35.9 Å². The van der Waals surface area contributed by atoms with Crippen molar-refractivity contribution < 1.29 is 19.5 Å². The fourth-order valence-electron chi connectivity index (χ4n) is 0.981. The summed E-state index contributed by atoms with van der Waals surface area (Å²) in [5, 5.41) is 8.26. The van der Waals surface area contributed by atoms with Gasteiger partial charge in [-0.15, -0.1) is 0 Å². The second-order valence-electron chi connectivity index (χ2n) is 2.72. The van der Waals surface area contributed by atoms with E-state index in [1.807, 2.05) is 0 Å². The van der Waals surface area contributed by atoms with Crippen LogP contribution in [-0.2, 0) is 20.8 Å². The number of hydrogen-bond donors (Lipinski definition) is 1. The van der Waals surface area contributed by atoms with Crippen molar-refractivity contribution in [2.24, 2.45) is 0 Å². The summed E-state index contributed by atoms with van der Waals surface area (Å²) in [6, 6.07) is 8.52. The number of rotatable bonds is 4. The molecule has 1 aromatic carbocycles. The number of aliphatic carboxylic acids is 1. The summed E-state index contributed by atoms with van der Waals surface area (Å²) in [7, 11) is 0. The van der Waals surface area contributed by atoms with Crippen molar-refractivity contribution in [1.29, 1.82) is 0 Å². The third kappa shape index (κ3) is 2.52. The van der Waals surface area contributed by atoms with Gasteiger partial charge in [-0.2, -0.15) is 0 Å². The van der Waals surface area contributed by atoms with Crippen LogP contribution < -0.4 is 0 Å². The lowest BCUT2D eigenvalue weighted by Gasteiger charge is -1.96. The molecule has 0 atom stereocenters. The summed E-state index contributed by atoms with van der Waals surface area (Å²) in [5.41, 5.74) is 0.632. The molecule has 1 rings (SSSR count). The minimum Gasteiger partial charge on any atom is -0.475 e. The van der Waals surface area contributed by atoms with E-state index in [4.69, 9.17) is 5.11 Å². The number of carboxylic acids is 1. The van der Waals surface area contributed by atoms with Crippen LogP contribution in [0.1, 0.15) is 5.56 Å². The molecule has 72 valence electrons. The van der Waals surface area contributed by atoms with Crippen LogP contribution in [0.25, 0.3) is 0 Å². The maximum absolute atomic E-state index is 11.0. The van der Waals surface area contributed by atoms with E-state index in [0.29, 0.717) is 5.56 Å². The Balaban J connectivity index is 2.67. The highest BCUT2D eigenvalue weighted by molar-refractivity contribution is 6.61. The average Bonchev–Trinajstić information content (AvgIpc) is 2.18. The Morgan fingerprint density at radius 3 is 2.14 bits per heavy atom. The Kier molecular flexibility index (Phi) is 3.12. The topological polar surface area (TPSA) is 71.4 Å². The Labute approximate surface area is 80.2 Å². The van der Waals surface area contributed by atoms with Gasteiger partial charge in [-0.1, -0.05) is 30.3 Å². The fraction of sp³-hybridized carbons (Fsp3) is 0.100. The van der Waals surface area contributed by atoms with Crippen molar-refractivity contribution in [2.75, 3.05) is 0 Å². The van der Waals surface area contributed by atoms with Crippen molar-refractivity contribution in [2.45, 2.75) is 6.42 Å². The molecular weight excluding hydrogens is 184 g/mol. The zero-order valence-electron chi connectivity index (χ0n) is 7.27. The highest BCUT2D eigenvalue weighted by Crippen LogP contribution is 2.00. The van der Waals surface area contributed by atoms with Gasteiger partial charge in [-0.3, -0.25) is 9.59 Å². The normalized spacial score (nSPS) is 9.43. The van der Waals surface area contributed by atoms with Crippen LogP contribution in [0.15, 0.2) is 30.3 Å². The van der Waals surface area contributed by atoms with E-state index in [0.717, 1.165) is 0 Å². The lowest BCUT2D eigenvalue weighted by molar-refractivity contribution is -0.152. The third-order valence-corrected chi connectivity index (χ3v) is 1.66. The summed E-state index contributed by atoms with van der Waals surface area (Å²) in [6.07, 6.45) is -0.161. The summed E-state index contributed by atoms with van der Waals surface area (Å²) < 4.78 is 0. The van der Waals surface area contributed by atoms with Gasteiger partial charge in [-0.25, -0.2) is 4.79 Å². The molecule has 0 aromatic heterocycles. The zero-order chi connectivity index (χ0) is 10.6. The molecule has 0 aliphatic heterocycles. The molecule has 0 saturated carbocycles. The Hall–Kier alpha value is -1.97. The Morgan fingerprint density at radius 1 is 1.07 bits per heavy atom. The van der Waals surface area contributed by atoms with E-state index in [-0.39, 0.29) is 6.42 Å². The van der Waals surface area contributed by atoms with Gasteiger partial charge in [0.2, 0.25) is 5.78 Å². The predicted octanol–water partition coefficient (Wildman–Crippen LogP) is 0.452. The molecule has 0 amide bonds. The minimum atomic E-state index is -1.70. The first-order chi connectivity index (χ1) is 6.61. The predicted molar refractivity (Wildman–Crippen MR) is 47.8 cm³/mol. The van der Waals surface area contributed by atoms with Crippen LogP contribution in [-0.4, -0.2) is 22.6 Å².